The SMILES string of the molecule is c1ccc(C2CC3=C(CCCCC3)[Se]2)cc1. The van der Waals surface area contributed by atoms with Crippen LogP contribution in [0, 0.1) is 0 Å². The number of benzene rings is 1. The molecule has 1 unspecified atom stereocenters. The normalized spacial score (nSPS) is 25.4. The average molecular weight is 277 g/mol. The van der Waals surface area contributed by atoms with E-state index in [1.165, 1.54) is 38.5 Å². The van der Waals surface area contributed by atoms with Gasteiger partial charge in [-0.1, -0.05) is 0 Å². The van der Waals surface area contributed by atoms with Crippen LogP contribution in [0.4, 0.5) is 0 Å². The van der Waals surface area contributed by atoms with Gasteiger partial charge in [-0.2, -0.15) is 0 Å². The van der Waals surface area contributed by atoms with Gasteiger partial charge < -0.3 is 0 Å². The van der Waals surface area contributed by atoms with Gasteiger partial charge in [-0.15, -0.1) is 0 Å². The molecule has 0 nitrogen and oxygen atoms in total. The molecule has 1 aliphatic heterocycles. The van der Waals surface area contributed by atoms with E-state index in [4.69, 9.17) is 0 Å². The van der Waals surface area contributed by atoms with Crippen LogP contribution < -0.4 is 0 Å². The number of hydrogen-bond donors (Lipinski definition) is 0. The van der Waals surface area contributed by atoms with Gasteiger partial charge in [0, 0.05) is 0 Å². The van der Waals surface area contributed by atoms with E-state index in [2.05, 4.69) is 30.3 Å². The summed E-state index contributed by atoms with van der Waals surface area (Å²) in [5, 5.41) is 0. The van der Waals surface area contributed by atoms with Crippen molar-refractivity contribution in [2.75, 3.05) is 0 Å². The monoisotopic (exact) mass is 278 g/mol. The summed E-state index contributed by atoms with van der Waals surface area (Å²) in [4.78, 5) is 0.858. The van der Waals surface area contributed by atoms with Gasteiger partial charge in [0.2, 0.25) is 0 Å². The molecule has 0 radical (unpaired) electrons. The van der Waals surface area contributed by atoms with Crippen molar-refractivity contribution in [3.63, 3.8) is 0 Å². The number of allylic oxidation sites excluding steroid dienone is 2. The quantitative estimate of drug-likeness (QED) is 0.679. The molecule has 1 aromatic carbocycles. The van der Waals surface area contributed by atoms with Gasteiger partial charge in [0.15, 0.2) is 0 Å². The third-order valence-electron chi connectivity index (χ3n) is 3.66. The first-order valence-corrected chi connectivity index (χ1v) is 8.20. The van der Waals surface area contributed by atoms with Crippen LogP contribution in [0.15, 0.2) is 40.4 Å². The Morgan fingerprint density at radius 3 is 2.62 bits per heavy atom. The van der Waals surface area contributed by atoms with Gasteiger partial charge in [0.05, 0.1) is 0 Å². The van der Waals surface area contributed by atoms with E-state index in [1.54, 1.807) is 5.56 Å². The van der Waals surface area contributed by atoms with Crippen molar-refractivity contribution in [1.82, 2.24) is 0 Å². The Balaban J connectivity index is 1.76. The van der Waals surface area contributed by atoms with Crippen LogP contribution in [-0.2, 0) is 0 Å². The zero-order valence-electron chi connectivity index (χ0n) is 9.61. The molecule has 0 saturated carbocycles. The Hall–Kier alpha value is -0.521. The predicted octanol–water partition coefficient (Wildman–Crippen LogP) is 4.05. The molecule has 1 heterocycles. The third-order valence-corrected chi connectivity index (χ3v) is 6.81. The Morgan fingerprint density at radius 1 is 0.938 bits per heavy atom. The van der Waals surface area contributed by atoms with E-state index in [0.717, 1.165) is 19.8 Å². The molecule has 0 N–H and O–H groups in total. The Bertz CT molecular complexity index is 373. The van der Waals surface area contributed by atoms with Crippen LogP contribution in [0.5, 0.6) is 0 Å². The van der Waals surface area contributed by atoms with Crippen molar-refractivity contribution < 1.29 is 0 Å². The molecular weight excluding hydrogens is 259 g/mol. The second-order valence-corrected chi connectivity index (χ2v) is 7.53. The second-order valence-electron chi connectivity index (χ2n) is 4.81. The van der Waals surface area contributed by atoms with E-state index in [-0.39, 0.29) is 0 Å². The minimum absolute atomic E-state index is 0.751. The number of rotatable bonds is 1. The summed E-state index contributed by atoms with van der Waals surface area (Å²) >= 11 is 0.751. The van der Waals surface area contributed by atoms with Crippen LogP contribution in [0.3, 0.4) is 0 Å². The molecule has 1 aliphatic carbocycles. The maximum atomic E-state index is 2.32. The molecule has 0 fully saturated rings. The van der Waals surface area contributed by atoms with Gasteiger partial charge in [-0.3, -0.25) is 0 Å². The summed E-state index contributed by atoms with van der Waals surface area (Å²) in [6, 6.07) is 11.1. The molecule has 0 bridgehead atoms. The minimum atomic E-state index is 0.751. The van der Waals surface area contributed by atoms with Crippen LogP contribution in [0.1, 0.15) is 48.9 Å². The Labute approximate surface area is 104 Å². The summed E-state index contributed by atoms with van der Waals surface area (Å²) in [7, 11) is 0. The van der Waals surface area contributed by atoms with Crippen molar-refractivity contribution in [3.05, 3.63) is 45.9 Å². The molecule has 0 aromatic heterocycles. The average Bonchev–Trinajstić information content (AvgIpc) is 2.62. The van der Waals surface area contributed by atoms with Gasteiger partial charge >= 0.3 is 104 Å². The first-order valence-electron chi connectivity index (χ1n) is 6.36. The fraction of sp³-hybridized carbons (Fsp3) is 0.467. The molecular formula is C15H18Se. The summed E-state index contributed by atoms with van der Waals surface area (Å²) < 4.78 is 1.87. The first kappa shape index (κ1) is 10.6. The zero-order valence-corrected chi connectivity index (χ0v) is 11.3. The summed E-state index contributed by atoms with van der Waals surface area (Å²) in [5.41, 5.74) is 3.42. The van der Waals surface area contributed by atoms with Crippen molar-refractivity contribution in [3.8, 4) is 0 Å². The second kappa shape index (κ2) is 4.77. The maximum absolute atomic E-state index is 2.32. The molecule has 2 aliphatic rings. The summed E-state index contributed by atoms with van der Waals surface area (Å²) in [6.45, 7) is 0. The molecule has 0 spiro atoms. The Kier molecular flexibility index (Phi) is 3.17. The number of hydrogen-bond acceptors (Lipinski definition) is 0. The van der Waals surface area contributed by atoms with Crippen LogP contribution >= 0.6 is 0 Å². The molecule has 1 atom stereocenters. The fourth-order valence-corrected chi connectivity index (χ4v) is 5.99. The summed E-state index contributed by atoms with van der Waals surface area (Å²) in [6.07, 6.45) is 8.54. The molecule has 1 heteroatoms. The van der Waals surface area contributed by atoms with Crippen molar-refractivity contribution >= 4 is 15.0 Å². The van der Waals surface area contributed by atoms with E-state index in [0.29, 0.717) is 0 Å². The summed E-state index contributed by atoms with van der Waals surface area (Å²) in [5.74, 6) is 0. The fourth-order valence-electron chi connectivity index (χ4n) is 2.77. The molecule has 0 amide bonds. The molecule has 84 valence electrons. The van der Waals surface area contributed by atoms with Crippen LogP contribution in [0.2, 0.25) is 0 Å². The molecule has 1 aromatic rings. The molecule has 3 rings (SSSR count). The predicted molar refractivity (Wildman–Crippen MR) is 69.7 cm³/mol. The van der Waals surface area contributed by atoms with Crippen LogP contribution in [0.25, 0.3) is 0 Å². The van der Waals surface area contributed by atoms with Gasteiger partial charge in [0.25, 0.3) is 0 Å². The molecule has 16 heavy (non-hydrogen) atoms. The van der Waals surface area contributed by atoms with E-state index < -0.39 is 0 Å². The van der Waals surface area contributed by atoms with Crippen molar-refractivity contribution in [1.29, 1.82) is 0 Å². The standard InChI is InChI=1S/C15H18Se/c1-3-7-12(8-4-1)15-11-13-9-5-2-6-10-14(13)16-15/h1,3-4,7-8,15H,2,5-6,9-11H2. The van der Waals surface area contributed by atoms with Gasteiger partial charge in [0.1, 0.15) is 0 Å². The zero-order chi connectivity index (χ0) is 10.8. The van der Waals surface area contributed by atoms with Crippen molar-refractivity contribution in [2.24, 2.45) is 0 Å². The Morgan fingerprint density at radius 2 is 1.75 bits per heavy atom. The van der Waals surface area contributed by atoms with Gasteiger partial charge in [-0.25, -0.2) is 0 Å². The molecule has 0 saturated heterocycles. The van der Waals surface area contributed by atoms with Crippen molar-refractivity contribution in [2.45, 2.75) is 43.3 Å². The van der Waals surface area contributed by atoms with E-state index in [9.17, 15) is 0 Å². The van der Waals surface area contributed by atoms with Gasteiger partial charge in [-0.05, 0) is 0 Å². The first-order chi connectivity index (χ1) is 7.93. The van der Waals surface area contributed by atoms with Crippen LogP contribution in [-0.4, -0.2) is 15.0 Å². The topological polar surface area (TPSA) is 0 Å². The van der Waals surface area contributed by atoms with E-state index >= 15 is 0 Å². The van der Waals surface area contributed by atoms with E-state index in [1.807, 2.05) is 10.0 Å². The third kappa shape index (κ3) is 2.12.